The molecule has 1 fully saturated rings. The van der Waals surface area contributed by atoms with Crippen LogP contribution >= 0.6 is 0 Å². The van der Waals surface area contributed by atoms with E-state index in [0.717, 1.165) is 25.9 Å². The molecule has 0 aromatic carbocycles. The molecule has 0 aromatic heterocycles. The number of sulfone groups is 1. The lowest BCUT2D eigenvalue weighted by Gasteiger charge is -2.37. The van der Waals surface area contributed by atoms with Crippen LogP contribution in [0, 0.1) is 0 Å². The van der Waals surface area contributed by atoms with Gasteiger partial charge in [0.25, 0.3) is 0 Å². The van der Waals surface area contributed by atoms with Gasteiger partial charge in [0, 0.05) is 39.0 Å². The summed E-state index contributed by atoms with van der Waals surface area (Å²) in [7, 11) is -1.14. The number of ether oxygens (including phenoxy) is 1. The lowest BCUT2D eigenvalue weighted by atomic mass is 10.0. The van der Waals surface area contributed by atoms with Crippen molar-refractivity contribution >= 4 is 15.9 Å². The number of amides is 1. The molecule has 1 aliphatic rings. The molecule has 0 unspecified atom stereocenters. The van der Waals surface area contributed by atoms with Gasteiger partial charge in [-0.05, 0) is 33.6 Å². The topological polar surface area (TPSA) is 66.9 Å². The van der Waals surface area contributed by atoms with Crippen molar-refractivity contribution in [1.82, 2.24) is 9.80 Å². The molecular formula is C14H28N2O4S. The van der Waals surface area contributed by atoms with Crippen LogP contribution in [0.4, 0.5) is 4.79 Å². The second-order valence-corrected chi connectivity index (χ2v) is 9.05. The molecule has 0 aromatic rings. The highest BCUT2D eigenvalue weighted by Gasteiger charge is 2.28. The average molecular weight is 320 g/mol. The van der Waals surface area contributed by atoms with Crippen molar-refractivity contribution in [3.63, 3.8) is 0 Å². The van der Waals surface area contributed by atoms with Gasteiger partial charge in [-0.25, -0.2) is 13.2 Å². The molecule has 1 saturated heterocycles. The summed E-state index contributed by atoms with van der Waals surface area (Å²) in [4.78, 5) is 15.8. The zero-order chi connectivity index (χ0) is 16.3. The molecular weight excluding hydrogens is 292 g/mol. The molecule has 1 heterocycles. The van der Waals surface area contributed by atoms with Crippen molar-refractivity contribution in [3.8, 4) is 0 Å². The van der Waals surface area contributed by atoms with E-state index in [1.54, 1.807) is 11.9 Å². The molecule has 1 aliphatic heterocycles. The highest BCUT2D eigenvalue weighted by atomic mass is 32.2. The minimum Gasteiger partial charge on any atom is -0.444 e. The van der Waals surface area contributed by atoms with Gasteiger partial charge in [0.05, 0.1) is 5.75 Å². The molecule has 0 N–H and O–H groups in total. The molecule has 0 spiro atoms. The molecule has 0 bridgehead atoms. The van der Waals surface area contributed by atoms with E-state index in [9.17, 15) is 13.2 Å². The zero-order valence-electron chi connectivity index (χ0n) is 13.8. The number of hydrogen-bond donors (Lipinski definition) is 0. The minimum atomic E-state index is -2.91. The van der Waals surface area contributed by atoms with Gasteiger partial charge >= 0.3 is 6.09 Å². The maximum Gasteiger partial charge on any atom is 0.410 e. The van der Waals surface area contributed by atoms with Gasteiger partial charge in [0.1, 0.15) is 15.4 Å². The fraction of sp³-hybridized carbons (Fsp3) is 0.929. The van der Waals surface area contributed by atoms with Gasteiger partial charge in [-0.1, -0.05) is 0 Å². The Morgan fingerprint density at radius 3 is 2.24 bits per heavy atom. The summed E-state index contributed by atoms with van der Waals surface area (Å²) < 4.78 is 27.7. The Morgan fingerprint density at radius 1 is 1.29 bits per heavy atom. The van der Waals surface area contributed by atoms with Crippen LogP contribution in [0.25, 0.3) is 0 Å². The summed E-state index contributed by atoms with van der Waals surface area (Å²) in [6.07, 6.45) is 2.66. The minimum absolute atomic E-state index is 0.161. The Bertz CT molecular complexity index is 448. The van der Waals surface area contributed by atoms with E-state index in [-0.39, 0.29) is 17.9 Å². The largest absolute Gasteiger partial charge is 0.444 e. The standard InChI is InChI=1S/C14H28N2O4S/c1-14(2,3)20-13(17)15(4)12-6-8-16(9-7-12)10-11-21(5,18)19/h12H,6-11H2,1-5H3. The Balaban J connectivity index is 2.40. The molecule has 1 rings (SSSR count). The quantitative estimate of drug-likeness (QED) is 0.782. The summed E-state index contributed by atoms with van der Waals surface area (Å²) in [6.45, 7) is 7.76. The van der Waals surface area contributed by atoms with Crippen molar-refractivity contribution in [2.75, 3.05) is 38.7 Å². The Labute approximate surface area is 128 Å². The fourth-order valence-electron chi connectivity index (χ4n) is 2.31. The number of nitrogens with zero attached hydrogens (tertiary/aromatic N) is 2. The molecule has 7 heteroatoms. The van der Waals surface area contributed by atoms with E-state index in [0.29, 0.717) is 6.54 Å². The first kappa shape index (κ1) is 18.2. The van der Waals surface area contributed by atoms with Crippen LogP contribution in [0.3, 0.4) is 0 Å². The fourth-order valence-corrected chi connectivity index (χ4v) is 2.90. The van der Waals surface area contributed by atoms with E-state index < -0.39 is 15.4 Å². The number of piperidine rings is 1. The van der Waals surface area contributed by atoms with Crippen LogP contribution in [-0.2, 0) is 14.6 Å². The van der Waals surface area contributed by atoms with Crippen molar-refractivity contribution < 1.29 is 17.9 Å². The van der Waals surface area contributed by atoms with Gasteiger partial charge < -0.3 is 14.5 Å². The predicted octanol–water partition coefficient (Wildman–Crippen LogP) is 1.36. The average Bonchev–Trinajstić information content (AvgIpc) is 2.33. The SMILES string of the molecule is CN(C(=O)OC(C)(C)C)C1CCN(CCS(C)(=O)=O)CC1. The normalized spacial score (nSPS) is 18.5. The smallest absolute Gasteiger partial charge is 0.410 e. The van der Waals surface area contributed by atoms with Gasteiger partial charge in [-0.2, -0.15) is 0 Å². The van der Waals surface area contributed by atoms with E-state index in [1.165, 1.54) is 6.26 Å². The van der Waals surface area contributed by atoms with Crippen molar-refractivity contribution in [2.45, 2.75) is 45.3 Å². The number of carbonyl (C=O) groups excluding carboxylic acids is 1. The second-order valence-electron chi connectivity index (χ2n) is 6.79. The van der Waals surface area contributed by atoms with Crippen LogP contribution in [0.1, 0.15) is 33.6 Å². The Morgan fingerprint density at radius 2 is 1.81 bits per heavy atom. The zero-order valence-corrected chi connectivity index (χ0v) is 14.6. The monoisotopic (exact) mass is 320 g/mol. The molecule has 0 saturated carbocycles. The lowest BCUT2D eigenvalue weighted by molar-refractivity contribution is 0.0155. The summed E-state index contributed by atoms with van der Waals surface area (Å²) >= 11 is 0. The van der Waals surface area contributed by atoms with E-state index in [1.807, 2.05) is 20.8 Å². The maximum atomic E-state index is 12.0. The van der Waals surface area contributed by atoms with Gasteiger partial charge in [0.2, 0.25) is 0 Å². The molecule has 21 heavy (non-hydrogen) atoms. The number of likely N-dealkylation sites (tertiary alicyclic amines) is 1. The molecule has 6 nitrogen and oxygen atoms in total. The third-order valence-electron chi connectivity index (χ3n) is 3.56. The molecule has 0 aliphatic carbocycles. The Kier molecular flexibility index (Phi) is 6.04. The van der Waals surface area contributed by atoms with Gasteiger partial charge in [-0.15, -0.1) is 0 Å². The highest BCUT2D eigenvalue weighted by molar-refractivity contribution is 7.90. The van der Waals surface area contributed by atoms with Crippen molar-refractivity contribution in [2.24, 2.45) is 0 Å². The van der Waals surface area contributed by atoms with Crippen LogP contribution in [-0.4, -0.2) is 74.6 Å². The third kappa shape index (κ3) is 7.13. The van der Waals surface area contributed by atoms with Gasteiger partial charge in [0.15, 0.2) is 0 Å². The summed E-state index contributed by atoms with van der Waals surface area (Å²) in [5, 5.41) is 0. The van der Waals surface area contributed by atoms with E-state index >= 15 is 0 Å². The summed E-state index contributed by atoms with van der Waals surface area (Å²) in [5.74, 6) is 0.194. The Hall–Kier alpha value is -0.820. The molecule has 1 amide bonds. The van der Waals surface area contributed by atoms with Crippen molar-refractivity contribution in [1.29, 1.82) is 0 Å². The predicted molar refractivity (Wildman–Crippen MR) is 83.2 cm³/mol. The molecule has 0 radical (unpaired) electrons. The third-order valence-corrected chi connectivity index (χ3v) is 4.49. The van der Waals surface area contributed by atoms with Crippen LogP contribution in [0.5, 0.6) is 0 Å². The maximum absolute atomic E-state index is 12.0. The van der Waals surface area contributed by atoms with E-state index in [4.69, 9.17) is 4.74 Å². The van der Waals surface area contributed by atoms with Crippen LogP contribution in [0.15, 0.2) is 0 Å². The number of rotatable bonds is 4. The second kappa shape index (κ2) is 6.96. The van der Waals surface area contributed by atoms with E-state index in [2.05, 4.69) is 4.90 Å². The summed E-state index contributed by atoms with van der Waals surface area (Å²) in [6, 6.07) is 0.161. The first-order chi connectivity index (χ1) is 9.48. The molecule has 0 atom stereocenters. The van der Waals surface area contributed by atoms with Gasteiger partial charge in [-0.3, -0.25) is 0 Å². The number of carbonyl (C=O) groups is 1. The first-order valence-corrected chi connectivity index (χ1v) is 9.40. The number of hydrogen-bond acceptors (Lipinski definition) is 5. The summed E-state index contributed by atoms with van der Waals surface area (Å²) in [5.41, 5.74) is -0.485. The van der Waals surface area contributed by atoms with Crippen molar-refractivity contribution in [3.05, 3.63) is 0 Å². The van der Waals surface area contributed by atoms with Crippen LogP contribution < -0.4 is 0 Å². The lowest BCUT2D eigenvalue weighted by Crippen LogP contribution is -2.47. The van der Waals surface area contributed by atoms with Crippen LogP contribution in [0.2, 0.25) is 0 Å². The molecule has 124 valence electrons. The highest BCUT2D eigenvalue weighted by Crippen LogP contribution is 2.18. The first-order valence-electron chi connectivity index (χ1n) is 7.34.